The zero-order valence-electron chi connectivity index (χ0n) is 14.3. The molecule has 0 aliphatic carbocycles. The molecule has 4 heteroatoms. The number of hydrogen-bond donors (Lipinski definition) is 2. The van der Waals surface area contributed by atoms with Gasteiger partial charge < -0.3 is 10.3 Å². The Morgan fingerprint density at radius 1 is 1.04 bits per heavy atom. The number of aryl methyl sites for hydroxylation is 1. The molecule has 0 bridgehead atoms. The number of hydrogen-bond acceptors (Lipinski definition) is 2. The van der Waals surface area contributed by atoms with Crippen LogP contribution in [-0.2, 0) is 13.1 Å². The van der Waals surface area contributed by atoms with Crippen molar-refractivity contribution >= 4 is 22.5 Å². The molecule has 0 radical (unpaired) electrons. The molecule has 0 aliphatic heterocycles. The number of pyridine rings is 1. The van der Waals surface area contributed by atoms with E-state index in [1.807, 2.05) is 63.2 Å². The van der Waals surface area contributed by atoms with E-state index in [1.165, 1.54) is 0 Å². The van der Waals surface area contributed by atoms with Gasteiger partial charge in [-0.25, -0.2) is 0 Å². The summed E-state index contributed by atoms with van der Waals surface area (Å²) in [4.78, 5) is 15.7. The summed E-state index contributed by atoms with van der Waals surface area (Å²) in [5, 5.41) is 4.76. The van der Waals surface area contributed by atoms with Crippen molar-refractivity contribution in [3.05, 3.63) is 80.6 Å². The largest absolute Gasteiger partial charge is 0.361 e. The molecular formula is C20H23ClN2O. The van der Waals surface area contributed by atoms with E-state index in [-0.39, 0.29) is 5.43 Å². The first-order chi connectivity index (χ1) is 11.6. The molecule has 2 aromatic carbocycles. The van der Waals surface area contributed by atoms with Crippen LogP contribution in [0.4, 0.5) is 0 Å². The van der Waals surface area contributed by atoms with E-state index in [9.17, 15) is 4.79 Å². The predicted molar refractivity (Wildman–Crippen MR) is 103 cm³/mol. The topological polar surface area (TPSA) is 44.9 Å². The van der Waals surface area contributed by atoms with Gasteiger partial charge in [0, 0.05) is 40.8 Å². The van der Waals surface area contributed by atoms with Crippen LogP contribution in [0.2, 0.25) is 5.02 Å². The van der Waals surface area contributed by atoms with Crippen molar-refractivity contribution in [3.63, 3.8) is 0 Å². The molecule has 1 heterocycles. The van der Waals surface area contributed by atoms with E-state index in [0.717, 1.165) is 32.6 Å². The number of nitrogens with one attached hydrogen (secondary N) is 2. The van der Waals surface area contributed by atoms with E-state index in [2.05, 4.69) is 10.3 Å². The van der Waals surface area contributed by atoms with Gasteiger partial charge in [0.2, 0.25) is 0 Å². The second-order valence-electron chi connectivity index (χ2n) is 5.42. The lowest BCUT2D eigenvalue weighted by molar-refractivity contribution is 0.689. The van der Waals surface area contributed by atoms with E-state index >= 15 is 0 Å². The van der Waals surface area contributed by atoms with E-state index < -0.39 is 0 Å². The lowest BCUT2D eigenvalue weighted by Gasteiger charge is -2.07. The first-order valence-electron chi connectivity index (χ1n) is 8.19. The van der Waals surface area contributed by atoms with E-state index in [0.29, 0.717) is 13.1 Å². The van der Waals surface area contributed by atoms with Gasteiger partial charge in [0.25, 0.3) is 0 Å². The molecular weight excluding hydrogens is 320 g/mol. The Hall–Kier alpha value is -2.10. The van der Waals surface area contributed by atoms with Gasteiger partial charge in [-0.15, -0.1) is 0 Å². The number of rotatable bonds is 4. The van der Waals surface area contributed by atoms with Gasteiger partial charge in [-0.1, -0.05) is 49.2 Å². The minimum absolute atomic E-state index is 0.0843. The van der Waals surface area contributed by atoms with Crippen molar-refractivity contribution in [1.82, 2.24) is 10.3 Å². The number of aromatic amines is 1. The number of fused-ring (bicyclic) bond motifs is 1. The summed E-state index contributed by atoms with van der Waals surface area (Å²) >= 11 is 5.86. The average Bonchev–Trinajstić information content (AvgIpc) is 2.61. The highest BCUT2D eigenvalue weighted by atomic mass is 35.5. The van der Waals surface area contributed by atoms with Gasteiger partial charge >= 0.3 is 0 Å². The molecule has 0 saturated heterocycles. The first-order valence-corrected chi connectivity index (χ1v) is 8.57. The molecule has 24 heavy (non-hydrogen) atoms. The molecule has 3 nitrogen and oxygen atoms in total. The van der Waals surface area contributed by atoms with Crippen molar-refractivity contribution in [2.45, 2.75) is 33.9 Å². The zero-order valence-corrected chi connectivity index (χ0v) is 15.1. The lowest BCUT2D eigenvalue weighted by atomic mass is 10.1. The summed E-state index contributed by atoms with van der Waals surface area (Å²) in [6, 6.07) is 13.5. The Morgan fingerprint density at radius 2 is 1.75 bits per heavy atom. The van der Waals surface area contributed by atoms with Crippen molar-refractivity contribution < 1.29 is 0 Å². The van der Waals surface area contributed by atoms with Gasteiger partial charge in [0.15, 0.2) is 5.43 Å². The lowest BCUT2D eigenvalue weighted by Crippen LogP contribution is -2.19. The molecule has 3 rings (SSSR count). The summed E-state index contributed by atoms with van der Waals surface area (Å²) < 4.78 is 0. The fraction of sp³-hybridized carbons (Fsp3) is 0.250. The molecule has 0 amide bonds. The normalized spacial score (nSPS) is 10.3. The molecule has 0 atom stereocenters. The van der Waals surface area contributed by atoms with Crippen LogP contribution in [0.3, 0.4) is 0 Å². The third-order valence-electron chi connectivity index (χ3n) is 3.67. The highest BCUT2D eigenvalue weighted by molar-refractivity contribution is 6.30. The molecule has 3 aromatic rings. The van der Waals surface area contributed by atoms with E-state index in [4.69, 9.17) is 11.6 Å². The zero-order chi connectivity index (χ0) is 17.5. The molecule has 0 spiro atoms. The Balaban J connectivity index is 0.00000100. The second-order valence-corrected chi connectivity index (χ2v) is 5.86. The van der Waals surface area contributed by atoms with Gasteiger partial charge in [0.1, 0.15) is 0 Å². The predicted octanol–water partition coefficient (Wildman–Crippen LogP) is 4.81. The van der Waals surface area contributed by atoms with Gasteiger partial charge in [0.05, 0.1) is 0 Å². The van der Waals surface area contributed by atoms with Crippen molar-refractivity contribution in [2.24, 2.45) is 0 Å². The average molecular weight is 343 g/mol. The Bertz CT molecular complexity index is 854. The standard InChI is InChI=1S/C18H17ClN2O.C2H6/c1-12-2-7-17-16(8-12)18(22)14(11-21-17)10-20-9-13-3-5-15(19)6-4-13;1-2/h2-8,11,20H,9-10H2,1H3,(H,21,22);1-2H3. The van der Waals surface area contributed by atoms with Crippen molar-refractivity contribution in [2.75, 3.05) is 0 Å². The fourth-order valence-corrected chi connectivity index (χ4v) is 2.58. The molecule has 0 fully saturated rings. The maximum absolute atomic E-state index is 12.5. The van der Waals surface area contributed by atoms with Crippen molar-refractivity contribution in [1.29, 1.82) is 0 Å². The van der Waals surface area contributed by atoms with Gasteiger partial charge in [-0.2, -0.15) is 0 Å². The third-order valence-corrected chi connectivity index (χ3v) is 3.92. The summed E-state index contributed by atoms with van der Waals surface area (Å²) in [5.41, 5.74) is 3.92. The third kappa shape index (κ3) is 4.47. The van der Waals surface area contributed by atoms with Crippen LogP contribution in [0, 0.1) is 6.92 Å². The first kappa shape index (κ1) is 18.2. The second kappa shape index (κ2) is 8.67. The maximum Gasteiger partial charge on any atom is 0.193 e. The number of benzene rings is 2. The molecule has 0 aliphatic rings. The Morgan fingerprint density at radius 3 is 2.46 bits per heavy atom. The Kier molecular flexibility index (Phi) is 6.59. The smallest absolute Gasteiger partial charge is 0.193 e. The number of aromatic nitrogens is 1. The monoisotopic (exact) mass is 342 g/mol. The highest BCUT2D eigenvalue weighted by Gasteiger charge is 2.05. The summed E-state index contributed by atoms with van der Waals surface area (Å²) in [7, 11) is 0. The van der Waals surface area contributed by atoms with Crippen molar-refractivity contribution in [3.8, 4) is 0 Å². The minimum Gasteiger partial charge on any atom is -0.361 e. The molecule has 0 unspecified atom stereocenters. The van der Waals surface area contributed by atoms with Crippen LogP contribution in [0.5, 0.6) is 0 Å². The SMILES string of the molecule is CC.Cc1ccc2[nH]cc(CNCc3ccc(Cl)cc3)c(=O)c2c1. The van der Waals surface area contributed by atoms with Crippen LogP contribution in [-0.4, -0.2) is 4.98 Å². The molecule has 2 N–H and O–H groups in total. The number of halogens is 1. The summed E-state index contributed by atoms with van der Waals surface area (Å²) in [6.07, 6.45) is 1.79. The molecule has 126 valence electrons. The molecule has 1 aromatic heterocycles. The van der Waals surface area contributed by atoms with Crippen LogP contribution in [0.1, 0.15) is 30.5 Å². The van der Waals surface area contributed by atoms with Crippen LogP contribution in [0.15, 0.2) is 53.5 Å². The van der Waals surface area contributed by atoms with Crippen LogP contribution < -0.4 is 10.7 Å². The fourth-order valence-electron chi connectivity index (χ4n) is 2.45. The van der Waals surface area contributed by atoms with Crippen LogP contribution >= 0.6 is 11.6 Å². The highest BCUT2D eigenvalue weighted by Crippen LogP contribution is 2.11. The van der Waals surface area contributed by atoms with Gasteiger partial charge in [-0.3, -0.25) is 4.79 Å². The maximum atomic E-state index is 12.5. The minimum atomic E-state index is 0.0843. The quantitative estimate of drug-likeness (QED) is 0.715. The summed E-state index contributed by atoms with van der Waals surface area (Å²) in [6.45, 7) is 7.22. The summed E-state index contributed by atoms with van der Waals surface area (Å²) in [5.74, 6) is 0. The number of H-pyrrole nitrogens is 1. The van der Waals surface area contributed by atoms with Gasteiger partial charge in [-0.05, 0) is 36.8 Å². The van der Waals surface area contributed by atoms with Crippen LogP contribution in [0.25, 0.3) is 10.9 Å². The Labute approximate surface area is 147 Å². The van der Waals surface area contributed by atoms with E-state index in [1.54, 1.807) is 6.20 Å². The molecule has 0 saturated carbocycles.